The van der Waals surface area contributed by atoms with Crippen LogP contribution in [-0.4, -0.2) is 26.9 Å². The number of hydrogen-bond acceptors (Lipinski definition) is 6. The highest BCUT2D eigenvalue weighted by Crippen LogP contribution is 2.31. The zero-order valence-corrected chi connectivity index (χ0v) is 13.8. The van der Waals surface area contributed by atoms with Gasteiger partial charge in [0.2, 0.25) is 0 Å². The van der Waals surface area contributed by atoms with Gasteiger partial charge in [0, 0.05) is 5.56 Å². The number of anilines is 1. The number of carbonyl (C=O) groups is 2. The highest BCUT2D eigenvalue weighted by atomic mass is 127. The predicted octanol–water partition coefficient (Wildman–Crippen LogP) is 2.54. The number of nitrogens with zero attached hydrogens (tertiary/aromatic N) is 2. The Bertz CT molecular complexity index is 761. The lowest BCUT2D eigenvalue weighted by atomic mass is 10.0. The minimum Gasteiger partial charge on any atom is -0.481 e. The summed E-state index contributed by atoms with van der Waals surface area (Å²) in [6.45, 7) is 0. The number of aliphatic carboxylic acids is 1. The van der Waals surface area contributed by atoms with Gasteiger partial charge in [0.05, 0.1) is 11.3 Å². The lowest BCUT2D eigenvalue weighted by molar-refractivity contribution is -0.381. The number of hydrogen-bond donors (Lipinski definition) is 2. The molecule has 1 amide bonds. The molecule has 1 aromatic heterocycles. The van der Waals surface area contributed by atoms with Crippen LogP contribution in [0.5, 0.6) is 0 Å². The summed E-state index contributed by atoms with van der Waals surface area (Å²) < 4.78 is 0.182. The molecule has 0 aliphatic heterocycles. The van der Waals surface area contributed by atoms with Gasteiger partial charge in [0.1, 0.15) is 0 Å². The Hall–Kier alpha value is -2.08. The van der Waals surface area contributed by atoms with Gasteiger partial charge in [-0.15, -0.1) is 0 Å². The van der Waals surface area contributed by atoms with E-state index in [4.69, 9.17) is 5.11 Å². The third-order valence-corrected chi connectivity index (χ3v) is 4.60. The van der Waals surface area contributed by atoms with E-state index >= 15 is 0 Å². The van der Waals surface area contributed by atoms with Crippen LogP contribution < -0.4 is 5.32 Å². The molecular formula is C12H8IN3O5S. The fourth-order valence-electron chi connectivity index (χ4n) is 1.68. The lowest BCUT2D eigenvalue weighted by Gasteiger charge is -2.06. The van der Waals surface area contributed by atoms with Crippen molar-refractivity contribution >= 4 is 55.9 Å². The predicted molar refractivity (Wildman–Crippen MR) is 87.2 cm³/mol. The lowest BCUT2D eigenvalue weighted by Crippen LogP contribution is -2.15. The molecular weight excluding hydrogens is 425 g/mol. The van der Waals surface area contributed by atoms with Crippen LogP contribution in [0.15, 0.2) is 24.3 Å². The van der Waals surface area contributed by atoms with E-state index in [1.165, 1.54) is 12.1 Å². The summed E-state index contributed by atoms with van der Waals surface area (Å²) >= 11 is 2.45. The van der Waals surface area contributed by atoms with Crippen molar-refractivity contribution < 1.29 is 19.6 Å². The van der Waals surface area contributed by atoms with Crippen molar-refractivity contribution in [3.8, 4) is 0 Å². The number of benzene rings is 1. The highest BCUT2D eigenvalue weighted by Gasteiger charge is 2.21. The number of rotatable bonds is 5. The van der Waals surface area contributed by atoms with E-state index in [9.17, 15) is 19.7 Å². The maximum absolute atomic E-state index is 12.2. The quantitative estimate of drug-likeness (QED) is 0.425. The van der Waals surface area contributed by atoms with Crippen LogP contribution in [0.4, 0.5) is 10.1 Å². The molecule has 0 fully saturated rings. The number of nitro groups is 1. The Balaban J connectivity index is 2.24. The molecule has 114 valence electrons. The first-order valence-corrected chi connectivity index (χ1v) is 7.69. The van der Waals surface area contributed by atoms with Crippen molar-refractivity contribution in [1.29, 1.82) is 0 Å². The van der Waals surface area contributed by atoms with Gasteiger partial charge in [-0.3, -0.25) is 25.0 Å². The summed E-state index contributed by atoms with van der Waals surface area (Å²) in [7, 11) is 0. The van der Waals surface area contributed by atoms with Crippen molar-refractivity contribution in [3.05, 3.63) is 49.2 Å². The van der Waals surface area contributed by atoms with E-state index in [1.807, 2.05) is 0 Å². The van der Waals surface area contributed by atoms with Crippen LogP contribution in [0.3, 0.4) is 0 Å². The van der Waals surface area contributed by atoms with E-state index in [2.05, 4.69) is 10.3 Å². The second-order valence-corrected chi connectivity index (χ2v) is 6.05. The molecule has 8 nitrogen and oxygen atoms in total. The van der Waals surface area contributed by atoms with Crippen molar-refractivity contribution in [1.82, 2.24) is 4.98 Å². The van der Waals surface area contributed by atoms with Crippen molar-refractivity contribution in [2.24, 2.45) is 0 Å². The molecule has 0 saturated heterocycles. The third-order valence-electron chi connectivity index (χ3n) is 2.56. The molecule has 0 unspecified atom stereocenters. The molecule has 0 bridgehead atoms. The molecule has 0 radical (unpaired) electrons. The van der Waals surface area contributed by atoms with E-state index in [1.54, 1.807) is 34.7 Å². The largest absolute Gasteiger partial charge is 0.481 e. The minimum atomic E-state index is -1.06. The van der Waals surface area contributed by atoms with Gasteiger partial charge in [-0.05, 0) is 45.6 Å². The normalized spacial score (nSPS) is 10.2. The summed E-state index contributed by atoms with van der Waals surface area (Å²) in [6, 6.07) is 6.26. The molecule has 1 heterocycles. The number of aromatic nitrogens is 1. The second-order valence-electron chi connectivity index (χ2n) is 4.05. The third kappa shape index (κ3) is 3.76. The molecule has 0 saturated carbocycles. The summed E-state index contributed by atoms with van der Waals surface area (Å²) in [5, 5.41) is 22.0. The van der Waals surface area contributed by atoms with E-state index in [0.717, 1.165) is 11.3 Å². The smallest absolute Gasteiger partial charge is 0.359 e. The maximum Gasteiger partial charge on any atom is 0.359 e. The second kappa shape index (κ2) is 6.79. The summed E-state index contributed by atoms with van der Waals surface area (Å²) in [4.78, 5) is 37.1. The zero-order valence-electron chi connectivity index (χ0n) is 10.8. The van der Waals surface area contributed by atoms with E-state index in [0.29, 0.717) is 5.56 Å². The number of halogens is 1. The van der Waals surface area contributed by atoms with Gasteiger partial charge in [0.25, 0.3) is 5.91 Å². The number of nitrogens with one attached hydrogen (secondary N) is 1. The standard InChI is InChI=1S/C12H8IN3O5S/c13-9-11(16(20)21)22-12(14-9)15-10(19)7-4-2-1-3-6(7)5-8(17)18/h1-4H,5H2,(H,17,18)(H,14,15,19). The Morgan fingerprint density at radius 3 is 2.68 bits per heavy atom. The molecule has 0 spiro atoms. The van der Waals surface area contributed by atoms with Crippen LogP contribution in [0.2, 0.25) is 0 Å². The van der Waals surface area contributed by atoms with Gasteiger partial charge in [-0.1, -0.05) is 18.2 Å². The SMILES string of the molecule is O=C(O)Cc1ccccc1C(=O)Nc1nc(I)c([N+](=O)[O-])s1. The van der Waals surface area contributed by atoms with E-state index < -0.39 is 16.8 Å². The Kier molecular flexibility index (Phi) is 5.03. The van der Waals surface area contributed by atoms with Crippen LogP contribution in [0.1, 0.15) is 15.9 Å². The molecule has 2 aromatic rings. The summed E-state index contributed by atoms with van der Waals surface area (Å²) in [6.07, 6.45) is -0.293. The first-order valence-electron chi connectivity index (χ1n) is 5.80. The maximum atomic E-state index is 12.2. The highest BCUT2D eigenvalue weighted by molar-refractivity contribution is 14.1. The first-order chi connectivity index (χ1) is 10.4. The molecule has 2 rings (SSSR count). The van der Waals surface area contributed by atoms with Crippen LogP contribution >= 0.6 is 33.9 Å². The molecule has 0 atom stereocenters. The summed E-state index contributed by atoms with van der Waals surface area (Å²) in [5.41, 5.74) is 0.547. The minimum absolute atomic E-state index is 0.0891. The van der Waals surface area contributed by atoms with Gasteiger partial charge in [-0.25, -0.2) is 4.98 Å². The average Bonchev–Trinajstić information content (AvgIpc) is 2.79. The molecule has 2 N–H and O–H groups in total. The molecule has 0 aliphatic carbocycles. The van der Waals surface area contributed by atoms with Crippen molar-refractivity contribution in [3.63, 3.8) is 0 Å². The molecule has 0 aliphatic rings. The fourth-order valence-corrected chi connectivity index (χ4v) is 3.28. The number of carboxylic acid groups (broad SMARTS) is 1. The Labute approximate surface area is 141 Å². The number of thiazole rings is 1. The Morgan fingerprint density at radius 2 is 2.09 bits per heavy atom. The fraction of sp³-hybridized carbons (Fsp3) is 0.0833. The average molecular weight is 433 g/mol. The van der Waals surface area contributed by atoms with Gasteiger partial charge < -0.3 is 5.11 Å². The summed E-state index contributed by atoms with van der Waals surface area (Å²) in [5.74, 6) is -1.61. The number of amides is 1. The van der Waals surface area contributed by atoms with Gasteiger partial charge in [-0.2, -0.15) is 0 Å². The van der Waals surface area contributed by atoms with Gasteiger partial charge >= 0.3 is 11.0 Å². The van der Waals surface area contributed by atoms with Crippen molar-refractivity contribution in [2.45, 2.75) is 6.42 Å². The van der Waals surface area contributed by atoms with Crippen LogP contribution in [0, 0.1) is 13.8 Å². The molecule has 10 heteroatoms. The van der Waals surface area contributed by atoms with E-state index in [-0.39, 0.29) is 25.8 Å². The van der Waals surface area contributed by atoms with Crippen LogP contribution in [-0.2, 0) is 11.2 Å². The topological polar surface area (TPSA) is 122 Å². The van der Waals surface area contributed by atoms with Gasteiger partial charge in [0.15, 0.2) is 8.83 Å². The number of carboxylic acids is 1. The first kappa shape index (κ1) is 16.3. The molecule has 22 heavy (non-hydrogen) atoms. The van der Waals surface area contributed by atoms with Crippen molar-refractivity contribution in [2.75, 3.05) is 5.32 Å². The molecule has 1 aromatic carbocycles. The van der Waals surface area contributed by atoms with Crippen LogP contribution in [0.25, 0.3) is 0 Å². The zero-order chi connectivity index (χ0) is 16.3. The Morgan fingerprint density at radius 1 is 1.41 bits per heavy atom. The monoisotopic (exact) mass is 433 g/mol. The number of carbonyl (C=O) groups excluding carboxylic acids is 1.